The molecule has 2 amide bonds. The topological polar surface area (TPSA) is 83.7 Å². The van der Waals surface area contributed by atoms with E-state index in [4.69, 9.17) is 4.42 Å². The van der Waals surface area contributed by atoms with E-state index in [1.807, 2.05) is 13.0 Å². The van der Waals surface area contributed by atoms with E-state index in [-0.39, 0.29) is 5.91 Å². The first kappa shape index (κ1) is 18.6. The van der Waals surface area contributed by atoms with Crippen LogP contribution in [-0.4, -0.2) is 18.0 Å². The largest absolute Gasteiger partial charge is 0.460 e. The zero-order chi connectivity index (χ0) is 19.2. The summed E-state index contributed by atoms with van der Waals surface area (Å²) < 4.78 is 6.01. The summed E-state index contributed by atoms with van der Waals surface area (Å²) in [6, 6.07) is 17.3. The molecule has 0 atom stereocenters. The van der Waals surface area contributed by atoms with Crippen LogP contribution in [0.3, 0.4) is 0 Å². The molecule has 136 valence electrons. The predicted octanol–water partition coefficient (Wildman–Crippen LogP) is 4.37. The van der Waals surface area contributed by atoms with Crippen molar-refractivity contribution in [3.8, 4) is 0 Å². The quantitative estimate of drug-likeness (QED) is 0.470. The molecule has 6 nitrogen and oxygen atoms in total. The summed E-state index contributed by atoms with van der Waals surface area (Å²) in [6.07, 6.45) is 1.41. The molecule has 0 aliphatic heterocycles. The summed E-state index contributed by atoms with van der Waals surface area (Å²) in [5, 5.41) is 6.65. The smallest absolute Gasteiger partial charge is 0.273 e. The Hall–Kier alpha value is -3.19. The number of carbonyl (C=O) groups is 2. The lowest BCUT2D eigenvalue weighted by molar-refractivity contribution is 0.0956. The Labute approximate surface area is 164 Å². The first-order chi connectivity index (χ1) is 13.0. The average Bonchev–Trinajstić information content (AvgIpc) is 3.07. The summed E-state index contributed by atoms with van der Waals surface area (Å²) in [6.45, 7) is 1.82. The fraction of sp³-hybridized carbons (Fsp3) is 0.0500. The lowest BCUT2D eigenvalue weighted by Crippen LogP contribution is -2.21. The zero-order valence-corrected chi connectivity index (χ0v) is 16.0. The highest BCUT2D eigenvalue weighted by Crippen LogP contribution is 2.20. The number of para-hydroxylation sites is 1. The van der Waals surface area contributed by atoms with Crippen LogP contribution in [0.1, 0.15) is 32.2 Å². The van der Waals surface area contributed by atoms with Gasteiger partial charge in [-0.25, -0.2) is 5.43 Å². The van der Waals surface area contributed by atoms with Gasteiger partial charge in [0.15, 0.2) is 0 Å². The first-order valence-corrected chi connectivity index (χ1v) is 8.88. The molecule has 0 saturated heterocycles. The Morgan fingerprint density at radius 1 is 0.963 bits per heavy atom. The fourth-order valence-electron chi connectivity index (χ4n) is 2.36. The summed E-state index contributed by atoms with van der Waals surface area (Å²) in [7, 11) is 0. The van der Waals surface area contributed by atoms with E-state index in [9.17, 15) is 9.59 Å². The number of nitrogens with one attached hydrogen (secondary N) is 2. The molecule has 2 aromatic carbocycles. The monoisotopic (exact) mass is 425 g/mol. The van der Waals surface area contributed by atoms with Crippen LogP contribution in [0, 0.1) is 6.92 Å². The number of hydrazone groups is 1. The highest BCUT2D eigenvalue weighted by Gasteiger charge is 2.15. The van der Waals surface area contributed by atoms with Gasteiger partial charge in [0.25, 0.3) is 11.8 Å². The van der Waals surface area contributed by atoms with Crippen LogP contribution in [-0.2, 0) is 0 Å². The highest BCUT2D eigenvalue weighted by atomic mass is 79.9. The number of halogens is 1. The first-order valence-electron chi connectivity index (χ1n) is 8.09. The molecule has 3 rings (SSSR count). The second-order valence-electron chi connectivity index (χ2n) is 5.63. The van der Waals surface area contributed by atoms with Gasteiger partial charge in [-0.05, 0) is 59.3 Å². The number of hydrogen-bond donors (Lipinski definition) is 2. The van der Waals surface area contributed by atoms with Gasteiger partial charge in [0.05, 0.1) is 23.0 Å². The van der Waals surface area contributed by atoms with Crippen molar-refractivity contribution in [3.63, 3.8) is 0 Å². The number of furan rings is 1. The van der Waals surface area contributed by atoms with Gasteiger partial charge in [0, 0.05) is 4.47 Å². The van der Waals surface area contributed by atoms with Gasteiger partial charge in [-0.2, -0.15) is 5.10 Å². The summed E-state index contributed by atoms with van der Waals surface area (Å²) >= 11 is 3.35. The molecular weight excluding hydrogens is 410 g/mol. The third-order valence-electron chi connectivity index (χ3n) is 3.66. The lowest BCUT2D eigenvalue weighted by atomic mass is 10.1. The lowest BCUT2D eigenvalue weighted by Gasteiger charge is -2.10. The molecule has 0 spiro atoms. The Balaban J connectivity index is 1.73. The van der Waals surface area contributed by atoms with Crippen LogP contribution >= 0.6 is 15.9 Å². The molecule has 7 heteroatoms. The minimum absolute atomic E-state index is 0.297. The average molecular weight is 426 g/mol. The van der Waals surface area contributed by atoms with Crippen molar-refractivity contribution >= 4 is 39.6 Å². The molecular formula is C20H16BrN3O3. The minimum atomic E-state index is -0.447. The van der Waals surface area contributed by atoms with Crippen LogP contribution < -0.4 is 10.7 Å². The van der Waals surface area contributed by atoms with Crippen LogP contribution in [0.4, 0.5) is 5.69 Å². The molecule has 2 N–H and O–H groups in total. The van der Waals surface area contributed by atoms with Crippen LogP contribution in [0.5, 0.6) is 0 Å². The molecule has 27 heavy (non-hydrogen) atoms. The number of aryl methyl sites for hydroxylation is 1. The van der Waals surface area contributed by atoms with Crippen LogP contribution in [0.2, 0.25) is 0 Å². The third kappa shape index (κ3) is 4.71. The fourth-order valence-corrected chi connectivity index (χ4v) is 2.83. The Bertz CT molecular complexity index is 1010. The van der Waals surface area contributed by atoms with Crippen molar-refractivity contribution in [1.82, 2.24) is 5.43 Å². The summed E-state index contributed by atoms with van der Waals surface area (Å²) in [4.78, 5) is 24.9. The molecule has 1 aromatic heterocycles. The van der Waals surface area contributed by atoms with Crippen molar-refractivity contribution in [1.29, 1.82) is 0 Å². The maximum Gasteiger partial charge on any atom is 0.273 e. The second-order valence-corrected chi connectivity index (χ2v) is 6.48. The molecule has 0 saturated carbocycles. The van der Waals surface area contributed by atoms with Gasteiger partial charge in [-0.15, -0.1) is 0 Å². The number of rotatable bonds is 5. The molecule has 0 aliphatic rings. The number of nitrogens with zero attached hydrogens (tertiary/aromatic N) is 1. The third-order valence-corrected chi connectivity index (χ3v) is 4.35. The van der Waals surface area contributed by atoms with Gasteiger partial charge in [0.2, 0.25) is 0 Å². The van der Waals surface area contributed by atoms with Crippen molar-refractivity contribution in [3.05, 3.63) is 87.8 Å². The Morgan fingerprint density at radius 3 is 2.37 bits per heavy atom. The van der Waals surface area contributed by atoms with E-state index in [0.717, 1.165) is 5.76 Å². The van der Waals surface area contributed by atoms with Crippen molar-refractivity contribution in [2.75, 3.05) is 5.32 Å². The number of hydrogen-bond acceptors (Lipinski definition) is 4. The molecule has 3 aromatic rings. The van der Waals surface area contributed by atoms with Crippen LogP contribution in [0.25, 0.3) is 0 Å². The number of carbonyl (C=O) groups excluding carboxylic acids is 2. The van der Waals surface area contributed by atoms with Gasteiger partial charge in [-0.3, -0.25) is 9.59 Å². The van der Waals surface area contributed by atoms with E-state index in [2.05, 4.69) is 31.8 Å². The molecule has 0 fully saturated rings. The standard InChI is InChI=1S/C20H16BrN3O3/c1-13-10-11-14(27-13)12-22-24-20(26)16-7-3-5-9-18(16)23-19(25)15-6-2-4-8-17(15)21/h2-12H,1H3,(H,23,25)(H,24,26)/b22-12-. The number of benzene rings is 2. The Morgan fingerprint density at radius 2 is 1.67 bits per heavy atom. The van der Waals surface area contributed by atoms with Crippen LogP contribution in [0.15, 0.2) is 74.7 Å². The van der Waals surface area contributed by atoms with E-state index >= 15 is 0 Å². The van der Waals surface area contributed by atoms with E-state index in [1.165, 1.54) is 6.21 Å². The summed E-state index contributed by atoms with van der Waals surface area (Å²) in [5.41, 5.74) is 3.59. The van der Waals surface area contributed by atoms with E-state index in [0.29, 0.717) is 27.0 Å². The molecule has 0 unspecified atom stereocenters. The Kier molecular flexibility index (Phi) is 5.83. The van der Waals surface area contributed by atoms with E-state index < -0.39 is 5.91 Å². The van der Waals surface area contributed by atoms with E-state index in [1.54, 1.807) is 54.6 Å². The summed E-state index contributed by atoms with van der Waals surface area (Å²) in [5.74, 6) is 0.515. The highest BCUT2D eigenvalue weighted by molar-refractivity contribution is 9.10. The molecule has 0 aliphatic carbocycles. The van der Waals surface area contributed by atoms with Gasteiger partial charge >= 0.3 is 0 Å². The van der Waals surface area contributed by atoms with Crippen molar-refractivity contribution < 1.29 is 14.0 Å². The van der Waals surface area contributed by atoms with Gasteiger partial charge in [-0.1, -0.05) is 24.3 Å². The minimum Gasteiger partial charge on any atom is -0.460 e. The van der Waals surface area contributed by atoms with Crippen molar-refractivity contribution in [2.24, 2.45) is 5.10 Å². The molecule has 0 bridgehead atoms. The predicted molar refractivity (Wildman–Crippen MR) is 107 cm³/mol. The van der Waals surface area contributed by atoms with Gasteiger partial charge < -0.3 is 9.73 Å². The SMILES string of the molecule is Cc1ccc(/C=N\NC(=O)c2ccccc2NC(=O)c2ccccc2Br)o1. The normalized spacial score (nSPS) is 10.7. The molecule has 0 radical (unpaired) electrons. The maximum atomic E-state index is 12.5. The maximum absolute atomic E-state index is 12.5. The molecule has 1 heterocycles. The second kappa shape index (κ2) is 8.46. The van der Waals surface area contributed by atoms with Gasteiger partial charge in [0.1, 0.15) is 11.5 Å². The number of amides is 2. The van der Waals surface area contributed by atoms with Crippen molar-refractivity contribution in [2.45, 2.75) is 6.92 Å². The zero-order valence-electron chi connectivity index (χ0n) is 14.4. The number of anilines is 1.